The van der Waals surface area contributed by atoms with E-state index in [1.807, 2.05) is 19.4 Å². The molecule has 0 aliphatic carbocycles. The van der Waals surface area contributed by atoms with Gasteiger partial charge in [-0.05, 0) is 19.6 Å². The van der Waals surface area contributed by atoms with Crippen molar-refractivity contribution in [2.75, 3.05) is 30.5 Å². The third-order valence-electron chi connectivity index (χ3n) is 2.01. The van der Waals surface area contributed by atoms with E-state index < -0.39 is 0 Å². The zero-order valence-electron chi connectivity index (χ0n) is 9.82. The summed E-state index contributed by atoms with van der Waals surface area (Å²) in [6.45, 7) is 2.47. The van der Waals surface area contributed by atoms with E-state index in [2.05, 4.69) is 20.6 Å². The van der Waals surface area contributed by atoms with Crippen LogP contribution in [0.25, 0.3) is 0 Å². The van der Waals surface area contributed by atoms with Gasteiger partial charge in [-0.2, -0.15) is 0 Å². The third kappa shape index (κ3) is 4.24. The highest BCUT2D eigenvalue weighted by Crippen LogP contribution is 2.16. The highest BCUT2D eigenvalue weighted by Gasteiger charge is 2.03. The molecule has 0 aromatic carbocycles. The number of anilines is 2. The molecule has 1 rings (SSSR count). The molecule has 6 heteroatoms. The van der Waals surface area contributed by atoms with E-state index in [0.29, 0.717) is 13.0 Å². The molecule has 0 bridgehead atoms. The van der Waals surface area contributed by atoms with E-state index in [0.717, 1.165) is 16.8 Å². The van der Waals surface area contributed by atoms with Gasteiger partial charge >= 0.3 is 0 Å². The summed E-state index contributed by atoms with van der Waals surface area (Å²) in [5, 5.41) is 16.0. The molecule has 1 atom stereocenters. The molecule has 5 nitrogen and oxygen atoms in total. The lowest BCUT2D eigenvalue weighted by atomic mass is 10.3. The Morgan fingerprint density at radius 1 is 1.44 bits per heavy atom. The Kier molecular flexibility index (Phi) is 5.34. The average Bonchev–Trinajstić information content (AvgIpc) is 2.28. The second-order valence-electron chi connectivity index (χ2n) is 3.44. The van der Waals surface area contributed by atoms with Gasteiger partial charge in [0.15, 0.2) is 5.16 Å². The number of thioether (sulfide) groups is 1. The van der Waals surface area contributed by atoms with Gasteiger partial charge in [0.1, 0.15) is 11.6 Å². The van der Waals surface area contributed by atoms with Crippen LogP contribution in [-0.2, 0) is 0 Å². The third-order valence-corrected chi connectivity index (χ3v) is 2.56. The van der Waals surface area contributed by atoms with Gasteiger partial charge in [-0.1, -0.05) is 11.8 Å². The summed E-state index contributed by atoms with van der Waals surface area (Å²) in [6.07, 6.45) is 2.35. The number of hydrogen-bond donors (Lipinski definition) is 3. The molecule has 16 heavy (non-hydrogen) atoms. The van der Waals surface area contributed by atoms with Crippen molar-refractivity contribution in [1.29, 1.82) is 0 Å². The lowest BCUT2D eigenvalue weighted by molar-refractivity contribution is 0.188. The number of hydrogen-bond acceptors (Lipinski definition) is 6. The molecule has 0 aliphatic rings. The minimum Gasteiger partial charge on any atom is -0.393 e. The van der Waals surface area contributed by atoms with Gasteiger partial charge in [0.05, 0.1) is 6.10 Å². The van der Waals surface area contributed by atoms with Crippen LogP contribution in [0, 0.1) is 0 Å². The number of nitrogens with one attached hydrogen (secondary N) is 2. The highest BCUT2D eigenvalue weighted by molar-refractivity contribution is 7.98. The number of aromatic nitrogens is 2. The molecule has 0 radical (unpaired) electrons. The Labute approximate surface area is 100 Å². The highest BCUT2D eigenvalue weighted by atomic mass is 32.2. The first kappa shape index (κ1) is 13.1. The maximum absolute atomic E-state index is 9.14. The van der Waals surface area contributed by atoms with Crippen molar-refractivity contribution >= 4 is 23.4 Å². The number of rotatable bonds is 6. The van der Waals surface area contributed by atoms with Crippen LogP contribution in [0.15, 0.2) is 11.2 Å². The van der Waals surface area contributed by atoms with Crippen molar-refractivity contribution in [2.45, 2.75) is 24.6 Å². The molecular weight excluding hydrogens is 224 g/mol. The summed E-state index contributed by atoms with van der Waals surface area (Å²) >= 11 is 1.50. The standard InChI is InChI=1S/C10H18N4OS/c1-7(15)4-5-12-9-6-8(11-2)13-10(14-9)16-3/h6-7,15H,4-5H2,1-3H3,(H2,11,12,13,14). The van der Waals surface area contributed by atoms with Crippen molar-refractivity contribution in [2.24, 2.45) is 0 Å². The maximum Gasteiger partial charge on any atom is 0.191 e. The first-order valence-corrected chi connectivity index (χ1v) is 6.41. The molecular formula is C10H18N4OS. The summed E-state index contributed by atoms with van der Waals surface area (Å²) in [6, 6.07) is 1.85. The van der Waals surface area contributed by atoms with Gasteiger partial charge in [-0.3, -0.25) is 0 Å². The monoisotopic (exact) mass is 242 g/mol. The smallest absolute Gasteiger partial charge is 0.191 e. The van der Waals surface area contributed by atoms with Gasteiger partial charge in [-0.15, -0.1) is 0 Å². The summed E-state index contributed by atoms with van der Waals surface area (Å²) in [7, 11) is 1.83. The molecule has 1 aromatic rings. The van der Waals surface area contributed by atoms with Crippen LogP contribution in [0.3, 0.4) is 0 Å². The molecule has 1 unspecified atom stereocenters. The lowest BCUT2D eigenvalue weighted by Gasteiger charge is -2.09. The minimum atomic E-state index is -0.293. The number of aliphatic hydroxyl groups is 1. The average molecular weight is 242 g/mol. The minimum absolute atomic E-state index is 0.293. The van der Waals surface area contributed by atoms with E-state index in [-0.39, 0.29) is 6.10 Å². The van der Waals surface area contributed by atoms with Crippen molar-refractivity contribution in [1.82, 2.24) is 9.97 Å². The van der Waals surface area contributed by atoms with E-state index in [1.54, 1.807) is 6.92 Å². The van der Waals surface area contributed by atoms with Crippen LogP contribution in [0.1, 0.15) is 13.3 Å². The van der Waals surface area contributed by atoms with Gasteiger partial charge in [0.25, 0.3) is 0 Å². The molecule has 0 aliphatic heterocycles. The molecule has 1 aromatic heterocycles. The predicted octanol–water partition coefficient (Wildman–Crippen LogP) is 1.42. The molecule has 0 amide bonds. The Hall–Kier alpha value is -1.01. The fourth-order valence-electron chi connectivity index (χ4n) is 1.14. The number of aliphatic hydroxyl groups excluding tert-OH is 1. The van der Waals surface area contributed by atoms with Crippen molar-refractivity contribution < 1.29 is 5.11 Å². The number of nitrogens with zero attached hydrogens (tertiary/aromatic N) is 2. The SMILES string of the molecule is CNc1cc(NCCC(C)O)nc(SC)n1. The van der Waals surface area contributed by atoms with Gasteiger partial charge in [-0.25, -0.2) is 9.97 Å². The topological polar surface area (TPSA) is 70.1 Å². The lowest BCUT2D eigenvalue weighted by Crippen LogP contribution is -2.11. The Balaban J connectivity index is 2.64. The first-order chi connectivity index (χ1) is 7.65. The zero-order valence-corrected chi connectivity index (χ0v) is 10.6. The molecule has 0 fully saturated rings. The molecule has 90 valence electrons. The molecule has 0 spiro atoms. The Morgan fingerprint density at radius 2 is 2.12 bits per heavy atom. The first-order valence-electron chi connectivity index (χ1n) is 5.18. The van der Waals surface area contributed by atoms with Crippen molar-refractivity contribution in [3.05, 3.63) is 6.07 Å². The van der Waals surface area contributed by atoms with Crippen molar-refractivity contribution in [3.8, 4) is 0 Å². The second kappa shape index (κ2) is 6.55. The van der Waals surface area contributed by atoms with Crippen LogP contribution in [0.5, 0.6) is 0 Å². The summed E-state index contributed by atoms with van der Waals surface area (Å²) in [4.78, 5) is 8.58. The van der Waals surface area contributed by atoms with Crippen LogP contribution in [0.2, 0.25) is 0 Å². The second-order valence-corrected chi connectivity index (χ2v) is 4.21. The molecule has 0 saturated carbocycles. The van der Waals surface area contributed by atoms with Crippen LogP contribution < -0.4 is 10.6 Å². The van der Waals surface area contributed by atoms with Gasteiger partial charge in [0.2, 0.25) is 0 Å². The largest absolute Gasteiger partial charge is 0.393 e. The molecule has 3 N–H and O–H groups in total. The summed E-state index contributed by atoms with van der Waals surface area (Å²) in [5.74, 6) is 1.57. The Morgan fingerprint density at radius 3 is 2.69 bits per heavy atom. The summed E-state index contributed by atoms with van der Waals surface area (Å²) in [5.41, 5.74) is 0. The predicted molar refractivity (Wildman–Crippen MR) is 68.1 cm³/mol. The van der Waals surface area contributed by atoms with Gasteiger partial charge in [0, 0.05) is 19.7 Å². The van der Waals surface area contributed by atoms with Crippen molar-refractivity contribution in [3.63, 3.8) is 0 Å². The molecule has 0 saturated heterocycles. The Bertz CT molecular complexity index is 310. The van der Waals surface area contributed by atoms with E-state index in [9.17, 15) is 0 Å². The molecule has 1 heterocycles. The normalized spacial score (nSPS) is 12.2. The summed E-state index contributed by atoms with van der Waals surface area (Å²) < 4.78 is 0. The van der Waals surface area contributed by atoms with E-state index in [1.165, 1.54) is 11.8 Å². The van der Waals surface area contributed by atoms with E-state index in [4.69, 9.17) is 5.11 Å². The van der Waals surface area contributed by atoms with Crippen LogP contribution in [0.4, 0.5) is 11.6 Å². The maximum atomic E-state index is 9.14. The van der Waals surface area contributed by atoms with E-state index >= 15 is 0 Å². The van der Waals surface area contributed by atoms with Crippen LogP contribution in [-0.4, -0.2) is 41.0 Å². The fourth-order valence-corrected chi connectivity index (χ4v) is 1.52. The zero-order chi connectivity index (χ0) is 12.0. The van der Waals surface area contributed by atoms with Gasteiger partial charge < -0.3 is 15.7 Å². The van der Waals surface area contributed by atoms with Crippen LogP contribution >= 0.6 is 11.8 Å². The quantitative estimate of drug-likeness (QED) is 0.518. The fraction of sp³-hybridized carbons (Fsp3) is 0.600.